The molecule has 0 radical (unpaired) electrons. The molecule has 5 heteroatoms. The molecule has 0 aromatic carbocycles. The Balaban J connectivity index is 3.26. The van der Waals surface area contributed by atoms with Crippen molar-refractivity contribution in [2.24, 2.45) is 0 Å². The van der Waals surface area contributed by atoms with Gasteiger partial charge in [0.15, 0.2) is 0 Å². The van der Waals surface area contributed by atoms with Crippen molar-refractivity contribution in [1.82, 2.24) is 4.98 Å². The lowest BCUT2D eigenvalue weighted by atomic mass is 10.2. The van der Waals surface area contributed by atoms with E-state index in [0.29, 0.717) is 12.2 Å². The molecule has 1 rings (SSSR count). The topological polar surface area (TPSA) is 82.2 Å². The second-order valence-electron chi connectivity index (χ2n) is 2.43. The minimum absolute atomic E-state index is 0.246. The molecule has 1 aromatic rings. The molecule has 1 aromatic heterocycles. The Morgan fingerprint density at radius 3 is 2.92 bits per heavy atom. The van der Waals surface area contributed by atoms with Crippen molar-refractivity contribution in [3.63, 3.8) is 0 Å². The van der Waals surface area contributed by atoms with Gasteiger partial charge in [-0.2, -0.15) is 0 Å². The van der Waals surface area contributed by atoms with E-state index in [1.54, 1.807) is 0 Å². The molecule has 0 aliphatic heterocycles. The van der Waals surface area contributed by atoms with Crippen molar-refractivity contribution >= 4 is 11.7 Å². The van der Waals surface area contributed by atoms with Crippen LogP contribution >= 0.6 is 0 Å². The van der Waals surface area contributed by atoms with Crippen LogP contribution in [0.2, 0.25) is 0 Å². The molecule has 0 fully saturated rings. The SMILES string of the molecule is CCNc1cc[nH]c(=O)c1C(=O)O. The average molecular weight is 182 g/mol. The molecular weight excluding hydrogens is 172 g/mol. The van der Waals surface area contributed by atoms with Gasteiger partial charge in [-0.25, -0.2) is 4.79 Å². The molecule has 13 heavy (non-hydrogen) atoms. The lowest BCUT2D eigenvalue weighted by molar-refractivity contribution is 0.0696. The number of hydrogen-bond acceptors (Lipinski definition) is 3. The van der Waals surface area contributed by atoms with Crippen molar-refractivity contribution in [2.75, 3.05) is 11.9 Å². The maximum atomic E-state index is 11.1. The van der Waals surface area contributed by atoms with Gasteiger partial charge in [-0.1, -0.05) is 0 Å². The van der Waals surface area contributed by atoms with E-state index in [4.69, 9.17) is 5.11 Å². The standard InChI is InChI=1S/C8H10N2O3/c1-2-9-5-3-4-10-7(11)6(5)8(12)13/h3-4H,2H2,1H3,(H,12,13)(H2,9,10,11). The number of rotatable bonds is 3. The first-order valence-corrected chi connectivity index (χ1v) is 3.85. The van der Waals surface area contributed by atoms with Gasteiger partial charge in [-0.05, 0) is 13.0 Å². The zero-order valence-electron chi connectivity index (χ0n) is 7.13. The second-order valence-corrected chi connectivity index (χ2v) is 2.43. The summed E-state index contributed by atoms with van der Waals surface area (Å²) >= 11 is 0. The Labute approximate surface area is 74.4 Å². The van der Waals surface area contributed by atoms with Crippen molar-refractivity contribution in [3.05, 3.63) is 28.2 Å². The van der Waals surface area contributed by atoms with Crippen LogP contribution in [0, 0.1) is 0 Å². The fourth-order valence-electron chi connectivity index (χ4n) is 1.03. The maximum absolute atomic E-state index is 11.1. The molecule has 0 aliphatic rings. The second kappa shape index (κ2) is 3.75. The van der Waals surface area contributed by atoms with E-state index in [9.17, 15) is 9.59 Å². The fraction of sp³-hybridized carbons (Fsp3) is 0.250. The van der Waals surface area contributed by atoms with E-state index < -0.39 is 11.5 Å². The molecule has 0 amide bonds. The average Bonchev–Trinajstić information content (AvgIpc) is 2.04. The lowest BCUT2D eigenvalue weighted by Gasteiger charge is -2.04. The van der Waals surface area contributed by atoms with Gasteiger partial charge in [-0.15, -0.1) is 0 Å². The molecule has 0 unspecified atom stereocenters. The van der Waals surface area contributed by atoms with E-state index in [1.807, 2.05) is 6.92 Å². The Hall–Kier alpha value is -1.78. The first-order valence-electron chi connectivity index (χ1n) is 3.85. The Kier molecular flexibility index (Phi) is 2.69. The highest BCUT2D eigenvalue weighted by molar-refractivity contribution is 5.93. The van der Waals surface area contributed by atoms with Crippen LogP contribution in [0.25, 0.3) is 0 Å². The van der Waals surface area contributed by atoms with Gasteiger partial charge in [0, 0.05) is 12.7 Å². The molecule has 70 valence electrons. The van der Waals surface area contributed by atoms with Gasteiger partial charge < -0.3 is 15.4 Å². The zero-order valence-corrected chi connectivity index (χ0v) is 7.13. The number of carboxylic acids is 1. The fourth-order valence-corrected chi connectivity index (χ4v) is 1.03. The number of H-pyrrole nitrogens is 1. The van der Waals surface area contributed by atoms with Crippen LogP contribution in [-0.2, 0) is 0 Å². The summed E-state index contributed by atoms with van der Waals surface area (Å²) in [6.45, 7) is 2.40. The summed E-state index contributed by atoms with van der Waals surface area (Å²) in [7, 11) is 0. The van der Waals surface area contributed by atoms with Crippen molar-refractivity contribution in [3.8, 4) is 0 Å². The van der Waals surface area contributed by atoms with Crippen molar-refractivity contribution in [2.45, 2.75) is 6.92 Å². The number of anilines is 1. The van der Waals surface area contributed by atoms with E-state index in [2.05, 4.69) is 10.3 Å². The molecule has 0 spiro atoms. The molecule has 5 nitrogen and oxygen atoms in total. The molecule has 0 saturated carbocycles. The van der Waals surface area contributed by atoms with Gasteiger partial charge >= 0.3 is 5.97 Å². The number of aromatic amines is 1. The summed E-state index contributed by atoms with van der Waals surface area (Å²) in [6, 6.07) is 1.52. The van der Waals surface area contributed by atoms with Crippen LogP contribution in [0.3, 0.4) is 0 Å². The zero-order chi connectivity index (χ0) is 9.84. The normalized spacial score (nSPS) is 9.62. The first kappa shape index (κ1) is 9.31. The summed E-state index contributed by atoms with van der Waals surface area (Å²) in [6.07, 6.45) is 1.41. The monoisotopic (exact) mass is 182 g/mol. The quantitative estimate of drug-likeness (QED) is 0.635. The van der Waals surface area contributed by atoms with E-state index >= 15 is 0 Å². The van der Waals surface area contributed by atoms with E-state index in [1.165, 1.54) is 12.3 Å². The van der Waals surface area contributed by atoms with Crippen molar-refractivity contribution < 1.29 is 9.90 Å². The third-order valence-corrected chi connectivity index (χ3v) is 1.54. The summed E-state index contributed by atoms with van der Waals surface area (Å²) in [5, 5.41) is 11.5. The molecule has 0 aliphatic carbocycles. The predicted molar refractivity (Wildman–Crippen MR) is 48.2 cm³/mol. The van der Waals surface area contributed by atoms with Crippen molar-refractivity contribution in [1.29, 1.82) is 0 Å². The summed E-state index contributed by atoms with van der Waals surface area (Å²) in [5.41, 5.74) is -0.492. The number of pyridine rings is 1. The summed E-state index contributed by atoms with van der Waals surface area (Å²) in [4.78, 5) is 24.0. The number of hydrogen-bond donors (Lipinski definition) is 3. The number of carbonyl (C=O) groups is 1. The minimum atomic E-state index is -1.22. The van der Waals surface area contributed by atoms with Crippen LogP contribution < -0.4 is 10.9 Å². The predicted octanol–water partition coefficient (Wildman–Crippen LogP) is 0.505. The van der Waals surface area contributed by atoms with Crippen LogP contribution in [0.1, 0.15) is 17.3 Å². The van der Waals surface area contributed by atoms with Crippen LogP contribution in [-0.4, -0.2) is 22.6 Å². The summed E-state index contributed by atoms with van der Waals surface area (Å²) < 4.78 is 0. The minimum Gasteiger partial charge on any atom is -0.477 e. The number of aromatic carboxylic acids is 1. The van der Waals surface area contributed by atoms with Gasteiger partial charge in [0.05, 0.1) is 5.69 Å². The molecule has 1 heterocycles. The largest absolute Gasteiger partial charge is 0.477 e. The van der Waals surface area contributed by atoms with Gasteiger partial charge in [0.2, 0.25) is 0 Å². The highest BCUT2D eigenvalue weighted by atomic mass is 16.4. The molecule has 0 bridgehead atoms. The van der Waals surface area contributed by atoms with Gasteiger partial charge in [0.1, 0.15) is 5.56 Å². The van der Waals surface area contributed by atoms with E-state index in [-0.39, 0.29) is 5.56 Å². The molecule has 0 saturated heterocycles. The molecule has 0 atom stereocenters. The van der Waals surface area contributed by atoms with Crippen LogP contribution in [0.4, 0.5) is 5.69 Å². The highest BCUT2D eigenvalue weighted by Crippen LogP contribution is 2.08. The maximum Gasteiger partial charge on any atom is 0.343 e. The smallest absolute Gasteiger partial charge is 0.343 e. The van der Waals surface area contributed by atoms with Gasteiger partial charge in [-0.3, -0.25) is 4.79 Å². The Bertz CT molecular complexity index is 370. The number of nitrogens with one attached hydrogen (secondary N) is 2. The first-order chi connectivity index (χ1) is 6.16. The lowest BCUT2D eigenvalue weighted by Crippen LogP contribution is -2.19. The third-order valence-electron chi connectivity index (χ3n) is 1.54. The number of carboxylic acid groups (broad SMARTS) is 1. The highest BCUT2D eigenvalue weighted by Gasteiger charge is 2.13. The van der Waals surface area contributed by atoms with Crippen LogP contribution in [0.5, 0.6) is 0 Å². The Morgan fingerprint density at radius 1 is 1.69 bits per heavy atom. The van der Waals surface area contributed by atoms with Gasteiger partial charge in [0.25, 0.3) is 5.56 Å². The van der Waals surface area contributed by atoms with Crippen LogP contribution in [0.15, 0.2) is 17.1 Å². The molecular formula is C8H10N2O3. The number of aromatic nitrogens is 1. The summed E-state index contributed by atoms with van der Waals surface area (Å²) in [5.74, 6) is -1.22. The van der Waals surface area contributed by atoms with E-state index in [0.717, 1.165) is 0 Å². The third kappa shape index (κ3) is 1.87. The Morgan fingerprint density at radius 2 is 2.38 bits per heavy atom. The molecule has 3 N–H and O–H groups in total.